The van der Waals surface area contributed by atoms with Gasteiger partial charge >= 0.3 is 0 Å². The zero-order valence-electron chi connectivity index (χ0n) is 9.51. The van der Waals surface area contributed by atoms with E-state index in [9.17, 15) is 9.59 Å². The van der Waals surface area contributed by atoms with Crippen LogP contribution in [0.15, 0.2) is 29.3 Å². The van der Waals surface area contributed by atoms with E-state index in [1.807, 2.05) is 19.1 Å². The number of benzene rings is 1. The molecule has 0 saturated heterocycles. The number of aryl methyl sites for hydroxylation is 2. The van der Waals surface area contributed by atoms with E-state index in [-0.39, 0.29) is 18.5 Å². The van der Waals surface area contributed by atoms with Crippen molar-refractivity contribution in [2.24, 2.45) is 5.73 Å². The Morgan fingerprint density at radius 3 is 2.94 bits per heavy atom. The number of nitrogens with two attached hydrogens (primary N) is 1. The molecule has 2 N–H and O–H groups in total. The largest absolute Gasteiger partial charge is 0.370 e. The summed E-state index contributed by atoms with van der Waals surface area (Å²) in [7, 11) is 0. The van der Waals surface area contributed by atoms with Crippen molar-refractivity contribution in [2.45, 2.75) is 19.9 Å². The molecule has 0 aliphatic rings. The Labute approximate surface area is 97.9 Å². The number of hydrogen-bond donors (Lipinski definition) is 1. The first-order valence-corrected chi connectivity index (χ1v) is 5.32. The maximum absolute atomic E-state index is 12.1. The summed E-state index contributed by atoms with van der Waals surface area (Å²) in [6, 6.07) is 5.51. The highest BCUT2D eigenvalue weighted by Gasteiger charge is 2.05. The standard InChI is InChI=1S/C12H13N3O2/c1-8-2-3-10-9(6-8)12(17)15(7-14-10)5-4-11(13)16/h2-3,6-7H,4-5H2,1H3,(H2,13,16). The van der Waals surface area contributed by atoms with Crippen molar-refractivity contribution >= 4 is 16.8 Å². The number of rotatable bonds is 3. The Kier molecular flexibility index (Phi) is 2.91. The monoisotopic (exact) mass is 231 g/mol. The highest BCUT2D eigenvalue weighted by atomic mass is 16.1. The average molecular weight is 231 g/mol. The molecule has 1 aromatic carbocycles. The number of carbonyl (C=O) groups is 1. The molecule has 2 aromatic rings. The van der Waals surface area contributed by atoms with Crippen LogP contribution in [0, 0.1) is 6.92 Å². The van der Waals surface area contributed by atoms with E-state index in [4.69, 9.17) is 5.73 Å². The molecule has 0 atom stereocenters. The third kappa shape index (κ3) is 2.33. The number of hydrogen-bond acceptors (Lipinski definition) is 3. The van der Waals surface area contributed by atoms with E-state index in [1.165, 1.54) is 10.9 Å². The van der Waals surface area contributed by atoms with Gasteiger partial charge in [-0.2, -0.15) is 0 Å². The Bertz CT molecular complexity index is 631. The van der Waals surface area contributed by atoms with Gasteiger partial charge in [-0.3, -0.25) is 14.2 Å². The van der Waals surface area contributed by atoms with Gasteiger partial charge in [0.05, 0.1) is 17.2 Å². The van der Waals surface area contributed by atoms with Crippen LogP contribution in [0.5, 0.6) is 0 Å². The van der Waals surface area contributed by atoms with Gasteiger partial charge in [-0.15, -0.1) is 0 Å². The molecule has 0 aliphatic carbocycles. The van der Waals surface area contributed by atoms with Crippen LogP contribution in [0.3, 0.4) is 0 Å². The molecular formula is C12H13N3O2. The predicted octanol–water partition coefficient (Wildman–Crippen LogP) is 0.580. The molecule has 0 fully saturated rings. The van der Waals surface area contributed by atoms with Gasteiger partial charge in [0.2, 0.25) is 5.91 Å². The second kappa shape index (κ2) is 4.37. The molecule has 17 heavy (non-hydrogen) atoms. The van der Waals surface area contributed by atoms with E-state index in [0.29, 0.717) is 10.9 Å². The topological polar surface area (TPSA) is 78.0 Å². The predicted molar refractivity (Wildman–Crippen MR) is 64.6 cm³/mol. The summed E-state index contributed by atoms with van der Waals surface area (Å²) in [5, 5.41) is 0.567. The molecule has 0 radical (unpaired) electrons. The van der Waals surface area contributed by atoms with Crippen molar-refractivity contribution in [3.63, 3.8) is 0 Å². The van der Waals surface area contributed by atoms with Gasteiger partial charge in [-0.1, -0.05) is 11.6 Å². The van der Waals surface area contributed by atoms with Crippen LogP contribution < -0.4 is 11.3 Å². The van der Waals surface area contributed by atoms with Gasteiger partial charge in [0.1, 0.15) is 0 Å². The maximum Gasteiger partial charge on any atom is 0.261 e. The van der Waals surface area contributed by atoms with Gasteiger partial charge in [-0.05, 0) is 19.1 Å². The molecule has 0 unspecified atom stereocenters. The summed E-state index contributed by atoms with van der Waals surface area (Å²) in [6.45, 7) is 2.19. The summed E-state index contributed by atoms with van der Waals surface area (Å²) in [5.41, 5.74) is 6.58. The molecule has 1 amide bonds. The van der Waals surface area contributed by atoms with E-state index >= 15 is 0 Å². The number of amides is 1. The van der Waals surface area contributed by atoms with Crippen LogP contribution in [0.1, 0.15) is 12.0 Å². The maximum atomic E-state index is 12.1. The second-order valence-electron chi connectivity index (χ2n) is 3.98. The Morgan fingerprint density at radius 1 is 1.47 bits per heavy atom. The first kappa shape index (κ1) is 11.3. The minimum Gasteiger partial charge on any atom is -0.370 e. The zero-order valence-corrected chi connectivity index (χ0v) is 9.51. The number of aromatic nitrogens is 2. The molecular weight excluding hydrogens is 218 g/mol. The number of primary amides is 1. The van der Waals surface area contributed by atoms with E-state index < -0.39 is 5.91 Å². The molecule has 0 spiro atoms. The minimum absolute atomic E-state index is 0.138. The Morgan fingerprint density at radius 2 is 2.24 bits per heavy atom. The van der Waals surface area contributed by atoms with Crippen molar-refractivity contribution in [2.75, 3.05) is 0 Å². The molecule has 1 aromatic heterocycles. The van der Waals surface area contributed by atoms with Crippen molar-refractivity contribution < 1.29 is 4.79 Å². The fourth-order valence-corrected chi connectivity index (χ4v) is 1.66. The van der Waals surface area contributed by atoms with Gasteiger partial charge in [-0.25, -0.2) is 4.98 Å². The van der Waals surface area contributed by atoms with Gasteiger partial charge in [0.25, 0.3) is 5.56 Å². The first-order chi connectivity index (χ1) is 8.08. The summed E-state index contributed by atoms with van der Waals surface area (Å²) in [6.07, 6.45) is 1.59. The van der Waals surface area contributed by atoms with E-state index in [2.05, 4.69) is 4.98 Å². The third-order valence-electron chi connectivity index (χ3n) is 2.58. The normalized spacial score (nSPS) is 10.6. The van der Waals surface area contributed by atoms with Crippen molar-refractivity contribution in [3.05, 3.63) is 40.4 Å². The molecule has 0 bridgehead atoms. The fraction of sp³-hybridized carbons (Fsp3) is 0.250. The molecule has 2 rings (SSSR count). The lowest BCUT2D eigenvalue weighted by molar-refractivity contribution is -0.118. The van der Waals surface area contributed by atoms with Crippen LogP contribution in [0.2, 0.25) is 0 Å². The summed E-state index contributed by atoms with van der Waals surface area (Å²) in [4.78, 5) is 26.9. The minimum atomic E-state index is -0.429. The summed E-state index contributed by atoms with van der Waals surface area (Å²) in [5.74, 6) is -0.429. The molecule has 5 heteroatoms. The van der Waals surface area contributed by atoms with Crippen molar-refractivity contribution in [1.29, 1.82) is 0 Å². The molecule has 88 valence electrons. The smallest absolute Gasteiger partial charge is 0.261 e. The van der Waals surface area contributed by atoms with Crippen LogP contribution in [-0.2, 0) is 11.3 Å². The number of nitrogens with zero attached hydrogens (tertiary/aromatic N) is 2. The van der Waals surface area contributed by atoms with Gasteiger partial charge in [0, 0.05) is 13.0 Å². The quantitative estimate of drug-likeness (QED) is 0.839. The lowest BCUT2D eigenvalue weighted by Crippen LogP contribution is -2.23. The lowest BCUT2D eigenvalue weighted by atomic mass is 10.2. The number of fused-ring (bicyclic) bond motifs is 1. The SMILES string of the molecule is Cc1ccc2ncn(CCC(N)=O)c(=O)c2c1. The van der Waals surface area contributed by atoms with E-state index in [0.717, 1.165) is 5.56 Å². The lowest BCUT2D eigenvalue weighted by Gasteiger charge is -2.05. The number of carbonyl (C=O) groups excluding carboxylic acids is 1. The fourth-order valence-electron chi connectivity index (χ4n) is 1.66. The first-order valence-electron chi connectivity index (χ1n) is 5.32. The van der Waals surface area contributed by atoms with E-state index in [1.54, 1.807) is 6.07 Å². The van der Waals surface area contributed by atoms with Crippen molar-refractivity contribution in [3.8, 4) is 0 Å². The molecule has 0 aliphatic heterocycles. The Balaban J connectivity index is 2.49. The van der Waals surface area contributed by atoms with Crippen molar-refractivity contribution in [1.82, 2.24) is 9.55 Å². The third-order valence-corrected chi connectivity index (χ3v) is 2.58. The highest BCUT2D eigenvalue weighted by Crippen LogP contribution is 2.08. The highest BCUT2D eigenvalue weighted by molar-refractivity contribution is 5.78. The van der Waals surface area contributed by atoms with Crippen LogP contribution >= 0.6 is 0 Å². The van der Waals surface area contributed by atoms with Gasteiger partial charge in [0.15, 0.2) is 0 Å². The molecule has 1 heterocycles. The Hall–Kier alpha value is -2.17. The van der Waals surface area contributed by atoms with Gasteiger partial charge < -0.3 is 5.73 Å². The zero-order chi connectivity index (χ0) is 12.4. The van der Waals surface area contributed by atoms with Crippen LogP contribution in [0.25, 0.3) is 10.9 Å². The van der Waals surface area contributed by atoms with Crippen LogP contribution in [0.4, 0.5) is 0 Å². The van der Waals surface area contributed by atoms with Crippen LogP contribution in [-0.4, -0.2) is 15.5 Å². The second-order valence-corrected chi connectivity index (χ2v) is 3.98. The average Bonchev–Trinajstić information content (AvgIpc) is 2.29. The molecule has 0 saturated carbocycles. The summed E-state index contributed by atoms with van der Waals surface area (Å²) < 4.78 is 1.41. The summed E-state index contributed by atoms with van der Waals surface area (Å²) >= 11 is 0. The molecule has 5 nitrogen and oxygen atoms in total.